The lowest BCUT2D eigenvalue weighted by molar-refractivity contribution is -0.159. The highest BCUT2D eigenvalue weighted by Gasteiger charge is 2.30. The number of alkyl halides is 3. The predicted molar refractivity (Wildman–Crippen MR) is 95.1 cm³/mol. The molecule has 2 aromatic carbocycles. The van der Waals surface area contributed by atoms with Crippen molar-refractivity contribution >= 4 is 11.9 Å². The number of rotatable bonds is 6. The Morgan fingerprint density at radius 2 is 1.54 bits per heavy atom. The van der Waals surface area contributed by atoms with Gasteiger partial charge in [-0.25, -0.2) is 9.59 Å². The lowest BCUT2D eigenvalue weighted by Crippen LogP contribution is -2.16. The molecule has 0 heterocycles. The molecule has 3 N–H and O–H groups in total. The largest absolute Gasteiger partial charge is 0.486 e. The van der Waals surface area contributed by atoms with E-state index >= 15 is 0 Å². The highest BCUT2D eigenvalue weighted by molar-refractivity contribution is 6.27. The van der Waals surface area contributed by atoms with Crippen molar-refractivity contribution < 1.29 is 37.7 Å². The summed E-state index contributed by atoms with van der Waals surface area (Å²) in [6, 6.07) is 14.4. The van der Waals surface area contributed by atoms with E-state index < -0.39 is 23.7 Å². The minimum Gasteiger partial charge on any atom is -0.486 e. The molecule has 1 unspecified atom stereocenters. The lowest BCUT2D eigenvalue weighted by atomic mass is 10.1. The Hall–Kier alpha value is -3.07. The molecule has 0 amide bonds. The smallest absolute Gasteiger partial charge is 0.416 e. The van der Waals surface area contributed by atoms with Gasteiger partial charge in [-0.15, -0.1) is 0 Å². The molecule has 0 aromatic heterocycles. The van der Waals surface area contributed by atoms with Gasteiger partial charge in [-0.1, -0.05) is 30.3 Å². The fourth-order valence-electron chi connectivity index (χ4n) is 2.12. The van der Waals surface area contributed by atoms with E-state index in [-0.39, 0.29) is 6.10 Å². The molecule has 0 aliphatic carbocycles. The van der Waals surface area contributed by atoms with Gasteiger partial charge < -0.3 is 20.3 Å². The van der Waals surface area contributed by atoms with E-state index in [4.69, 9.17) is 24.5 Å². The number of carboxylic acid groups (broad SMARTS) is 2. The number of nitrogens with one attached hydrogen (secondary N) is 1. The zero-order valence-corrected chi connectivity index (χ0v) is 14.9. The molecule has 0 bridgehead atoms. The summed E-state index contributed by atoms with van der Waals surface area (Å²) in [4.78, 5) is 18.2. The van der Waals surface area contributed by atoms with Crippen LogP contribution in [0.4, 0.5) is 13.2 Å². The third-order valence-corrected chi connectivity index (χ3v) is 3.47. The zero-order valence-electron chi connectivity index (χ0n) is 14.9. The summed E-state index contributed by atoms with van der Waals surface area (Å²) in [6.45, 7) is 0.750. The first-order valence-corrected chi connectivity index (χ1v) is 8.14. The van der Waals surface area contributed by atoms with E-state index in [9.17, 15) is 13.2 Å². The lowest BCUT2D eigenvalue weighted by Gasteiger charge is -2.20. The van der Waals surface area contributed by atoms with Crippen molar-refractivity contribution in [2.24, 2.45) is 0 Å². The van der Waals surface area contributed by atoms with Gasteiger partial charge in [0.15, 0.2) is 0 Å². The fourth-order valence-corrected chi connectivity index (χ4v) is 2.12. The number of hydrogen-bond donors (Lipinski definition) is 3. The van der Waals surface area contributed by atoms with Crippen molar-refractivity contribution in [1.82, 2.24) is 5.32 Å². The molecule has 9 heteroatoms. The molecule has 0 saturated carbocycles. The molecule has 0 fully saturated rings. The molecule has 0 radical (unpaired) electrons. The van der Waals surface area contributed by atoms with Gasteiger partial charge in [0, 0.05) is 6.42 Å². The van der Waals surface area contributed by atoms with Crippen LogP contribution in [0.3, 0.4) is 0 Å². The van der Waals surface area contributed by atoms with Crippen molar-refractivity contribution in [2.75, 3.05) is 13.6 Å². The van der Waals surface area contributed by atoms with E-state index in [2.05, 4.69) is 5.32 Å². The minimum atomic E-state index is -4.33. The molecule has 0 spiro atoms. The molecule has 0 aliphatic rings. The number of carbonyl (C=O) groups is 2. The van der Waals surface area contributed by atoms with Gasteiger partial charge in [0.1, 0.15) is 11.9 Å². The highest BCUT2D eigenvalue weighted by atomic mass is 19.4. The summed E-state index contributed by atoms with van der Waals surface area (Å²) in [5, 5.41) is 17.8. The van der Waals surface area contributed by atoms with Crippen LogP contribution in [0.2, 0.25) is 0 Å². The van der Waals surface area contributed by atoms with E-state index in [0.29, 0.717) is 5.75 Å². The quantitative estimate of drug-likeness (QED) is 0.643. The van der Waals surface area contributed by atoms with Gasteiger partial charge in [-0.05, 0) is 43.4 Å². The van der Waals surface area contributed by atoms with Crippen LogP contribution < -0.4 is 10.1 Å². The molecular formula is C19H20F3NO5. The monoisotopic (exact) mass is 399 g/mol. The fraction of sp³-hybridized carbons (Fsp3) is 0.263. The van der Waals surface area contributed by atoms with E-state index in [1.807, 2.05) is 37.4 Å². The Morgan fingerprint density at radius 1 is 1.00 bits per heavy atom. The number of aliphatic carboxylic acids is 2. The first-order chi connectivity index (χ1) is 13.1. The second-order valence-corrected chi connectivity index (χ2v) is 5.54. The summed E-state index contributed by atoms with van der Waals surface area (Å²) in [6.07, 6.45) is -3.81. The van der Waals surface area contributed by atoms with Crippen molar-refractivity contribution in [3.8, 4) is 5.75 Å². The van der Waals surface area contributed by atoms with Crippen LogP contribution in [0.15, 0.2) is 54.6 Å². The SMILES string of the molecule is CNCCC(Oc1ccc(C(F)(F)F)cc1)c1ccccc1.O=C(O)C(=O)O. The van der Waals surface area contributed by atoms with Gasteiger partial charge >= 0.3 is 18.1 Å². The number of ether oxygens (including phenoxy) is 1. The Labute approximate surface area is 159 Å². The maximum absolute atomic E-state index is 12.6. The van der Waals surface area contributed by atoms with Crippen LogP contribution >= 0.6 is 0 Å². The second-order valence-electron chi connectivity index (χ2n) is 5.54. The molecule has 0 saturated heterocycles. The first-order valence-electron chi connectivity index (χ1n) is 8.14. The standard InChI is InChI=1S/C17H18F3NO.C2H2O4/c1-21-12-11-16(13-5-3-2-4-6-13)22-15-9-7-14(8-10-15)17(18,19)20;3-1(4)2(5)6/h2-10,16,21H,11-12H2,1H3;(H,3,4)(H,5,6). The van der Waals surface area contributed by atoms with Crippen molar-refractivity contribution in [1.29, 1.82) is 0 Å². The van der Waals surface area contributed by atoms with Gasteiger partial charge in [0.2, 0.25) is 0 Å². The zero-order chi connectivity index (χ0) is 21.2. The summed E-state index contributed by atoms with van der Waals surface area (Å²) < 4.78 is 43.6. The molecule has 6 nitrogen and oxygen atoms in total. The molecular weight excluding hydrogens is 379 g/mol. The van der Waals surface area contributed by atoms with E-state index in [0.717, 1.165) is 30.7 Å². The average molecular weight is 399 g/mol. The topological polar surface area (TPSA) is 95.9 Å². The number of halogens is 3. The molecule has 28 heavy (non-hydrogen) atoms. The van der Waals surface area contributed by atoms with Crippen LogP contribution in [-0.2, 0) is 15.8 Å². The molecule has 2 aromatic rings. The van der Waals surface area contributed by atoms with E-state index in [1.165, 1.54) is 12.1 Å². The Bertz CT molecular complexity index is 736. The number of hydrogen-bond acceptors (Lipinski definition) is 4. The maximum atomic E-state index is 12.6. The highest BCUT2D eigenvalue weighted by Crippen LogP contribution is 2.31. The third kappa shape index (κ3) is 8.09. The van der Waals surface area contributed by atoms with Crippen LogP contribution in [0.1, 0.15) is 23.7 Å². The summed E-state index contributed by atoms with van der Waals surface area (Å²) in [7, 11) is 1.85. The van der Waals surface area contributed by atoms with Crippen molar-refractivity contribution in [3.63, 3.8) is 0 Å². The molecule has 1 atom stereocenters. The number of benzene rings is 2. The summed E-state index contributed by atoms with van der Waals surface area (Å²) in [5.74, 6) is -3.22. The van der Waals surface area contributed by atoms with Gasteiger partial charge in [0.25, 0.3) is 0 Å². The first kappa shape index (κ1) is 23.0. The molecule has 0 aliphatic heterocycles. The summed E-state index contributed by atoms with van der Waals surface area (Å²) >= 11 is 0. The van der Waals surface area contributed by atoms with Crippen LogP contribution in [0, 0.1) is 0 Å². The second kappa shape index (κ2) is 10.9. The molecule has 152 valence electrons. The van der Waals surface area contributed by atoms with Gasteiger partial charge in [0.05, 0.1) is 5.56 Å². The third-order valence-electron chi connectivity index (χ3n) is 3.47. The van der Waals surface area contributed by atoms with E-state index in [1.54, 1.807) is 0 Å². The normalized spacial score (nSPS) is 11.7. The predicted octanol–water partition coefficient (Wildman–Crippen LogP) is 3.59. The Balaban J connectivity index is 0.000000568. The molecule has 2 rings (SSSR count). The van der Waals surface area contributed by atoms with Crippen LogP contribution in [0.5, 0.6) is 5.75 Å². The van der Waals surface area contributed by atoms with Crippen molar-refractivity contribution in [3.05, 3.63) is 65.7 Å². The Kier molecular flexibility index (Phi) is 8.97. The average Bonchev–Trinajstić information content (AvgIpc) is 2.66. The van der Waals surface area contributed by atoms with Crippen LogP contribution in [0.25, 0.3) is 0 Å². The van der Waals surface area contributed by atoms with Crippen LogP contribution in [-0.4, -0.2) is 35.7 Å². The van der Waals surface area contributed by atoms with Crippen molar-refractivity contribution in [2.45, 2.75) is 18.7 Å². The maximum Gasteiger partial charge on any atom is 0.416 e. The summed E-state index contributed by atoms with van der Waals surface area (Å²) in [5.41, 5.74) is 0.323. The van der Waals surface area contributed by atoms with Gasteiger partial charge in [-0.2, -0.15) is 13.2 Å². The number of carboxylic acids is 2. The Morgan fingerprint density at radius 3 is 1.96 bits per heavy atom. The van der Waals surface area contributed by atoms with Gasteiger partial charge in [-0.3, -0.25) is 0 Å². The minimum absolute atomic E-state index is 0.203.